The number of likely N-dealkylation sites (N-methyl/N-ethyl adjacent to an activating group) is 1. The van der Waals surface area contributed by atoms with Gasteiger partial charge in [0, 0.05) is 13.6 Å². The van der Waals surface area contributed by atoms with Gasteiger partial charge in [-0.1, -0.05) is 18.2 Å². The number of hydrogen-bond donors (Lipinski definition) is 1. The summed E-state index contributed by atoms with van der Waals surface area (Å²) in [6.45, 7) is 4.02. The van der Waals surface area contributed by atoms with E-state index >= 15 is 0 Å². The number of nitrogens with zero attached hydrogens (tertiary/aromatic N) is 1. The molecule has 2 nitrogen and oxygen atoms in total. The maximum Gasteiger partial charge on any atom is 0.146 e. The fraction of sp³-hybridized carbons (Fsp3) is 0.385. The zero-order valence-corrected chi connectivity index (χ0v) is 9.56. The molecule has 1 aromatic carbocycles. The zero-order chi connectivity index (χ0) is 12.0. The topological polar surface area (TPSA) is 23.5 Å². The molecule has 0 saturated heterocycles. The van der Waals surface area contributed by atoms with Gasteiger partial charge < -0.3 is 10.0 Å². The number of anilines is 1. The standard InChI is InChI=1S/C13H18FNO/c1-3-4-7-11(16)10-15(2)13-9-6-5-8-12(13)14/h3,5-6,8-9,11,16H,1,4,7,10H2,2H3. The molecular formula is C13H18FNO. The normalized spacial score (nSPS) is 12.2. The Labute approximate surface area is 96.0 Å². The van der Waals surface area contributed by atoms with E-state index in [4.69, 9.17) is 0 Å². The minimum absolute atomic E-state index is 0.263. The van der Waals surface area contributed by atoms with Gasteiger partial charge in [0.15, 0.2) is 0 Å². The fourth-order valence-electron chi connectivity index (χ4n) is 1.58. The quantitative estimate of drug-likeness (QED) is 0.749. The van der Waals surface area contributed by atoms with Crippen LogP contribution >= 0.6 is 0 Å². The Morgan fingerprint density at radius 3 is 2.81 bits per heavy atom. The van der Waals surface area contributed by atoms with Gasteiger partial charge in [0.25, 0.3) is 0 Å². The summed E-state index contributed by atoms with van der Waals surface area (Å²) in [6, 6.07) is 6.56. The number of benzene rings is 1. The van der Waals surface area contributed by atoms with Gasteiger partial charge in [-0.05, 0) is 25.0 Å². The molecule has 0 amide bonds. The third kappa shape index (κ3) is 3.66. The number of hydrogen-bond acceptors (Lipinski definition) is 2. The van der Waals surface area contributed by atoms with Gasteiger partial charge in [0.05, 0.1) is 11.8 Å². The minimum Gasteiger partial charge on any atom is -0.391 e. The number of aliphatic hydroxyl groups is 1. The van der Waals surface area contributed by atoms with Crippen LogP contribution in [0.2, 0.25) is 0 Å². The SMILES string of the molecule is C=CCCC(O)CN(C)c1ccccc1F. The summed E-state index contributed by atoms with van der Waals surface area (Å²) in [4.78, 5) is 1.73. The van der Waals surface area contributed by atoms with E-state index in [1.807, 2.05) is 0 Å². The summed E-state index contributed by atoms with van der Waals surface area (Å²) in [5.41, 5.74) is 0.514. The van der Waals surface area contributed by atoms with Crippen LogP contribution in [0, 0.1) is 5.82 Å². The highest BCUT2D eigenvalue weighted by molar-refractivity contribution is 5.46. The summed E-state index contributed by atoms with van der Waals surface area (Å²) in [5, 5.41) is 9.69. The summed E-state index contributed by atoms with van der Waals surface area (Å²) < 4.78 is 13.4. The highest BCUT2D eigenvalue weighted by atomic mass is 19.1. The third-order valence-corrected chi connectivity index (χ3v) is 2.45. The Hall–Kier alpha value is -1.35. The lowest BCUT2D eigenvalue weighted by atomic mass is 10.2. The molecule has 0 spiro atoms. The van der Waals surface area contributed by atoms with Crippen molar-refractivity contribution in [3.05, 3.63) is 42.7 Å². The molecule has 1 atom stereocenters. The van der Waals surface area contributed by atoms with E-state index < -0.39 is 6.10 Å². The Morgan fingerprint density at radius 2 is 2.19 bits per heavy atom. The van der Waals surface area contributed by atoms with Crippen LogP contribution in [0.15, 0.2) is 36.9 Å². The van der Waals surface area contributed by atoms with Crippen molar-refractivity contribution in [1.29, 1.82) is 0 Å². The van der Waals surface area contributed by atoms with Crippen LogP contribution in [0.1, 0.15) is 12.8 Å². The number of para-hydroxylation sites is 1. The van der Waals surface area contributed by atoms with Crippen LogP contribution in [0.4, 0.5) is 10.1 Å². The fourth-order valence-corrected chi connectivity index (χ4v) is 1.58. The van der Waals surface area contributed by atoms with Gasteiger partial charge in [0.2, 0.25) is 0 Å². The lowest BCUT2D eigenvalue weighted by Crippen LogP contribution is -2.29. The summed E-state index contributed by atoms with van der Waals surface area (Å²) in [5.74, 6) is -0.263. The van der Waals surface area contributed by atoms with E-state index in [-0.39, 0.29) is 5.82 Å². The number of halogens is 1. The highest BCUT2D eigenvalue weighted by Gasteiger charge is 2.10. The molecule has 1 rings (SSSR count). The molecule has 1 aromatic rings. The van der Waals surface area contributed by atoms with Crippen molar-refractivity contribution in [3.8, 4) is 0 Å². The van der Waals surface area contributed by atoms with E-state index in [0.717, 1.165) is 6.42 Å². The molecule has 1 N–H and O–H groups in total. The second-order valence-corrected chi connectivity index (χ2v) is 3.85. The second-order valence-electron chi connectivity index (χ2n) is 3.85. The molecule has 0 aliphatic rings. The minimum atomic E-state index is -0.456. The average Bonchev–Trinajstić information content (AvgIpc) is 2.26. The lowest BCUT2D eigenvalue weighted by Gasteiger charge is -2.22. The summed E-state index contributed by atoms with van der Waals surface area (Å²) in [7, 11) is 1.77. The molecule has 0 aromatic heterocycles. The second kappa shape index (κ2) is 6.28. The number of rotatable bonds is 6. The molecule has 1 unspecified atom stereocenters. The molecular weight excluding hydrogens is 205 g/mol. The van der Waals surface area contributed by atoms with E-state index in [0.29, 0.717) is 18.7 Å². The van der Waals surface area contributed by atoms with Crippen molar-refractivity contribution < 1.29 is 9.50 Å². The van der Waals surface area contributed by atoms with Crippen molar-refractivity contribution in [3.63, 3.8) is 0 Å². The van der Waals surface area contributed by atoms with Crippen molar-refractivity contribution in [2.24, 2.45) is 0 Å². The number of allylic oxidation sites excluding steroid dienone is 1. The molecule has 0 aliphatic carbocycles. The van der Waals surface area contributed by atoms with Crippen LogP contribution in [0.3, 0.4) is 0 Å². The van der Waals surface area contributed by atoms with Crippen LogP contribution in [-0.4, -0.2) is 24.8 Å². The van der Waals surface area contributed by atoms with Gasteiger partial charge in [-0.15, -0.1) is 6.58 Å². The van der Waals surface area contributed by atoms with Crippen LogP contribution in [0.5, 0.6) is 0 Å². The first-order valence-corrected chi connectivity index (χ1v) is 5.39. The van der Waals surface area contributed by atoms with Crippen molar-refractivity contribution in [2.75, 3.05) is 18.5 Å². The Morgan fingerprint density at radius 1 is 1.50 bits per heavy atom. The van der Waals surface area contributed by atoms with Crippen LogP contribution in [-0.2, 0) is 0 Å². The van der Waals surface area contributed by atoms with Gasteiger partial charge in [-0.3, -0.25) is 0 Å². The molecule has 0 saturated carbocycles. The molecule has 0 fully saturated rings. The molecule has 16 heavy (non-hydrogen) atoms. The smallest absolute Gasteiger partial charge is 0.146 e. The maximum atomic E-state index is 13.4. The predicted octanol–water partition coefficient (Wildman–Crippen LogP) is 2.59. The van der Waals surface area contributed by atoms with Gasteiger partial charge in [-0.25, -0.2) is 4.39 Å². The molecule has 0 bridgehead atoms. The van der Waals surface area contributed by atoms with Crippen molar-refractivity contribution >= 4 is 5.69 Å². The first kappa shape index (κ1) is 12.7. The summed E-state index contributed by atoms with van der Waals surface area (Å²) >= 11 is 0. The van der Waals surface area contributed by atoms with Crippen LogP contribution in [0.25, 0.3) is 0 Å². The van der Waals surface area contributed by atoms with E-state index in [1.54, 1.807) is 36.2 Å². The monoisotopic (exact) mass is 223 g/mol. The predicted molar refractivity (Wildman–Crippen MR) is 65.1 cm³/mol. The molecule has 0 radical (unpaired) electrons. The van der Waals surface area contributed by atoms with E-state index in [9.17, 15) is 9.50 Å². The summed E-state index contributed by atoms with van der Waals surface area (Å²) in [6.07, 6.45) is 2.74. The maximum absolute atomic E-state index is 13.4. The van der Waals surface area contributed by atoms with Gasteiger partial charge in [-0.2, -0.15) is 0 Å². The molecule has 88 valence electrons. The van der Waals surface area contributed by atoms with Gasteiger partial charge >= 0.3 is 0 Å². The van der Waals surface area contributed by atoms with E-state index in [1.165, 1.54) is 6.07 Å². The van der Waals surface area contributed by atoms with Crippen molar-refractivity contribution in [1.82, 2.24) is 0 Å². The van der Waals surface area contributed by atoms with Crippen LogP contribution < -0.4 is 4.90 Å². The Bertz CT molecular complexity index is 340. The van der Waals surface area contributed by atoms with Crippen molar-refractivity contribution in [2.45, 2.75) is 18.9 Å². The largest absolute Gasteiger partial charge is 0.391 e. The first-order chi connectivity index (χ1) is 7.65. The highest BCUT2D eigenvalue weighted by Crippen LogP contribution is 2.17. The Kier molecular flexibility index (Phi) is 4.99. The van der Waals surface area contributed by atoms with E-state index in [2.05, 4.69) is 6.58 Å². The zero-order valence-electron chi connectivity index (χ0n) is 9.56. The first-order valence-electron chi connectivity index (χ1n) is 5.39. The number of aliphatic hydroxyl groups excluding tert-OH is 1. The molecule has 0 heterocycles. The molecule has 0 aliphatic heterocycles. The lowest BCUT2D eigenvalue weighted by molar-refractivity contribution is 0.172. The van der Waals surface area contributed by atoms with Gasteiger partial charge in [0.1, 0.15) is 5.82 Å². The average molecular weight is 223 g/mol. The molecule has 3 heteroatoms. The Balaban J connectivity index is 2.55. The third-order valence-electron chi connectivity index (χ3n) is 2.45.